The Labute approximate surface area is 185 Å². The van der Waals surface area contributed by atoms with Crippen LogP contribution < -0.4 is 16.0 Å². The van der Waals surface area contributed by atoms with E-state index in [0.717, 1.165) is 0 Å². The lowest BCUT2D eigenvalue weighted by Gasteiger charge is -2.26. The predicted molar refractivity (Wildman–Crippen MR) is 113 cm³/mol. The molecule has 0 aliphatic rings. The Morgan fingerprint density at radius 2 is 1.31 bits per heavy atom. The van der Waals surface area contributed by atoms with Gasteiger partial charge in [-0.3, -0.25) is 29.0 Å². The van der Waals surface area contributed by atoms with E-state index in [0.29, 0.717) is 45.7 Å². The maximum atomic E-state index is 12.2. The van der Waals surface area contributed by atoms with E-state index in [1.165, 1.54) is 0 Å². The molecule has 0 bridgehead atoms. The van der Waals surface area contributed by atoms with Gasteiger partial charge in [-0.2, -0.15) is 0 Å². The fraction of sp³-hybridized carbons (Fsp3) is 0.765. The Balaban J connectivity index is 4.68. The smallest absolute Gasteiger partial charge is 0.317 e. The van der Waals surface area contributed by atoms with Gasteiger partial charge >= 0.3 is 17.9 Å². The van der Waals surface area contributed by atoms with E-state index in [9.17, 15) is 19.2 Å². The van der Waals surface area contributed by atoms with Crippen LogP contribution in [-0.4, -0.2) is 127 Å². The lowest BCUT2D eigenvalue weighted by atomic mass is 10.3. The van der Waals surface area contributed by atoms with Crippen LogP contribution in [0.5, 0.6) is 0 Å². The molecule has 0 unspecified atom stereocenters. The van der Waals surface area contributed by atoms with E-state index in [1.54, 1.807) is 9.80 Å². The number of carbonyl (C=O) groups is 4. The van der Waals surface area contributed by atoms with Gasteiger partial charge in [0.15, 0.2) is 0 Å². The molecule has 0 rings (SSSR count). The SMILES string of the molecule is [N-]=[N+]=NCCCNC(=O)CN(CCNCC(=O)O)CCN(CCNCC(=O)O)CC(=O)O. The van der Waals surface area contributed by atoms with Gasteiger partial charge in [-0.15, -0.1) is 0 Å². The highest BCUT2D eigenvalue weighted by Gasteiger charge is 2.15. The summed E-state index contributed by atoms with van der Waals surface area (Å²) in [4.78, 5) is 50.5. The summed E-state index contributed by atoms with van der Waals surface area (Å²) in [6, 6.07) is 0. The zero-order chi connectivity index (χ0) is 24.2. The molecule has 0 saturated heterocycles. The maximum Gasteiger partial charge on any atom is 0.317 e. The molecule has 0 radical (unpaired) electrons. The quantitative estimate of drug-likeness (QED) is 0.0468. The Kier molecular flexibility index (Phi) is 17.0. The van der Waals surface area contributed by atoms with Crippen LogP contribution in [-0.2, 0) is 19.2 Å². The van der Waals surface area contributed by atoms with Crippen molar-refractivity contribution in [1.29, 1.82) is 0 Å². The molecule has 0 saturated carbocycles. The number of carbonyl (C=O) groups excluding carboxylic acids is 1. The van der Waals surface area contributed by atoms with Crippen molar-refractivity contribution in [1.82, 2.24) is 25.8 Å². The standard InChI is InChI=1S/C17H32N8O7/c18-23-22-3-1-2-21-14(26)12-24(6-4-19-10-15(27)28)8-9-25(13-17(31)32)7-5-20-11-16(29)30/h19-20H,1-13H2,(H,21,26)(H,27,28)(H,29,30)(H,31,32). The molecule has 182 valence electrons. The fourth-order valence-corrected chi connectivity index (χ4v) is 2.56. The highest BCUT2D eigenvalue weighted by Crippen LogP contribution is 1.94. The first-order valence-electron chi connectivity index (χ1n) is 10.0. The molecular formula is C17H32N8O7. The van der Waals surface area contributed by atoms with Crippen molar-refractivity contribution >= 4 is 23.8 Å². The lowest BCUT2D eigenvalue weighted by Crippen LogP contribution is -2.46. The van der Waals surface area contributed by atoms with Crippen LogP contribution in [0.15, 0.2) is 5.11 Å². The number of azide groups is 1. The van der Waals surface area contributed by atoms with E-state index in [1.807, 2.05) is 0 Å². The third-order valence-corrected chi connectivity index (χ3v) is 4.04. The lowest BCUT2D eigenvalue weighted by molar-refractivity contribution is -0.139. The van der Waals surface area contributed by atoms with Crippen LogP contribution >= 0.6 is 0 Å². The zero-order valence-corrected chi connectivity index (χ0v) is 17.9. The number of nitrogens with one attached hydrogen (secondary N) is 3. The summed E-state index contributed by atoms with van der Waals surface area (Å²) in [6.45, 7) is 1.83. The summed E-state index contributed by atoms with van der Waals surface area (Å²) in [5.41, 5.74) is 8.23. The minimum Gasteiger partial charge on any atom is -0.480 e. The molecule has 0 aromatic heterocycles. The molecule has 6 N–H and O–H groups in total. The predicted octanol–water partition coefficient (Wildman–Crippen LogP) is -2.16. The fourth-order valence-electron chi connectivity index (χ4n) is 2.56. The number of hydrogen-bond acceptors (Lipinski definition) is 9. The number of carboxylic acids is 3. The Morgan fingerprint density at radius 3 is 1.78 bits per heavy atom. The summed E-state index contributed by atoms with van der Waals surface area (Å²) in [5.74, 6) is -3.32. The first-order chi connectivity index (χ1) is 15.2. The number of aliphatic carboxylic acids is 3. The Bertz CT molecular complexity index is 642. The van der Waals surface area contributed by atoms with Crippen molar-refractivity contribution < 1.29 is 34.5 Å². The van der Waals surface area contributed by atoms with E-state index < -0.39 is 17.9 Å². The van der Waals surface area contributed by atoms with Crippen molar-refractivity contribution in [2.45, 2.75) is 6.42 Å². The maximum absolute atomic E-state index is 12.2. The van der Waals surface area contributed by atoms with E-state index in [2.05, 4.69) is 26.0 Å². The first-order valence-corrected chi connectivity index (χ1v) is 10.0. The normalized spacial score (nSPS) is 10.7. The van der Waals surface area contributed by atoms with Crippen LogP contribution in [0.3, 0.4) is 0 Å². The van der Waals surface area contributed by atoms with Gasteiger partial charge in [-0.25, -0.2) is 0 Å². The van der Waals surface area contributed by atoms with Gasteiger partial charge in [0, 0.05) is 57.3 Å². The molecule has 0 atom stereocenters. The molecule has 1 amide bonds. The number of nitrogens with zero attached hydrogens (tertiary/aromatic N) is 5. The second-order valence-corrected chi connectivity index (χ2v) is 6.75. The number of rotatable bonds is 21. The van der Waals surface area contributed by atoms with E-state index in [4.69, 9.17) is 20.9 Å². The van der Waals surface area contributed by atoms with Crippen LogP contribution in [0.1, 0.15) is 6.42 Å². The molecule has 0 fully saturated rings. The van der Waals surface area contributed by atoms with Crippen LogP contribution in [0, 0.1) is 0 Å². The van der Waals surface area contributed by atoms with Crippen molar-refractivity contribution in [2.75, 3.05) is 78.5 Å². The molecule has 32 heavy (non-hydrogen) atoms. The second kappa shape index (κ2) is 18.8. The molecule has 15 heteroatoms. The first kappa shape index (κ1) is 29.0. The molecule has 0 heterocycles. The van der Waals surface area contributed by atoms with Gasteiger partial charge in [-0.05, 0) is 12.0 Å². The van der Waals surface area contributed by atoms with E-state index in [-0.39, 0.29) is 45.2 Å². The minimum absolute atomic E-state index is 0.0223. The summed E-state index contributed by atoms with van der Waals surface area (Å²) in [7, 11) is 0. The topological polar surface area (TPSA) is 220 Å². The van der Waals surface area contributed by atoms with Crippen molar-refractivity contribution in [2.24, 2.45) is 5.11 Å². The monoisotopic (exact) mass is 460 g/mol. The molecule has 0 aromatic rings. The molecule has 0 spiro atoms. The molecular weight excluding hydrogens is 428 g/mol. The number of hydrogen-bond donors (Lipinski definition) is 6. The van der Waals surface area contributed by atoms with Crippen molar-refractivity contribution in [3.63, 3.8) is 0 Å². The highest BCUT2D eigenvalue weighted by atomic mass is 16.4. The van der Waals surface area contributed by atoms with Gasteiger partial charge in [0.05, 0.1) is 26.2 Å². The zero-order valence-electron chi connectivity index (χ0n) is 17.9. The number of amides is 1. The number of carboxylic acid groups (broad SMARTS) is 3. The van der Waals surface area contributed by atoms with Gasteiger partial charge in [0.2, 0.25) is 5.91 Å². The van der Waals surface area contributed by atoms with E-state index >= 15 is 0 Å². The largest absolute Gasteiger partial charge is 0.480 e. The van der Waals surface area contributed by atoms with Gasteiger partial charge in [0.1, 0.15) is 0 Å². The summed E-state index contributed by atoms with van der Waals surface area (Å²) in [5, 5.41) is 38.0. The van der Waals surface area contributed by atoms with Gasteiger partial charge < -0.3 is 31.3 Å². The second-order valence-electron chi connectivity index (χ2n) is 6.75. The highest BCUT2D eigenvalue weighted by molar-refractivity contribution is 5.78. The molecule has 0 aliphatic carbocycles. The average Bonchev–Trinajstić information content (AvgIpc) is 2.71. The summed E-state index contributed by atoms with van der Waals surface area (Å²) < 4.78 is 0. The average molecular weight is 460 g/mol. The van der Waals surface area contributed by atoms with Crippen LogP contribution in [0.2, 0.25) is 0 Å². The Hall–Kier alpha value is -2.97. The Morgan fingerprint density at radius 1 is 0.781 bits per heavy atom. The van der Waals surface area contributed by atoms with Gasteiger partial charge in [0.25, 0.3) is 0 Å². The molecule has 0 aliphatic heterocycles. The summed E-state index contributed by atoms with van der Waals surface area (Å²) >= 11 is 0. The third-order valence-electron chi connectivity index (χ3n) is 4.04. The minimum atomic E-state index is -1.03. The molecule has 0 aromatic carbocycles. The van der Waals surface area contributed by atoms with Crippen LogP contribution in [0.4, 0.5) is 0 Å². The van der Waals surface area contributed by atoms with Crippen LogP contribution in [0.25, 0.3) is 10.4 Å². The molecule has 15 nitrogen and oxygen atoms in total. The van der Waals surface area contributed by atoms with Crippen molar-refractivity contribution in [3.05, 3.63) is 10.4 Å². The van der Waals surface area contributed by atoms with Crippen molar-refractivity contribution in [3.8, 4) is 0 Å². The summed E-state index contributed by atoms with van der Waals surface area (Å²) in [6.07, 6.45) is 0.492. The van der Waals surface area contributed by atoms with Gasteiger partial charge in [-0.1, -0.05) is 5.11 Å². The third kappa shape index (κ3) is 19.0.